The fourth-order valence-corrected chi connectivity index (χ4v) is 5.71. The first-order valence-electron chi connectivity index (χ1n) is 8.52. The minimum Gasteiger partial charge on any atom is -0.370 e. The molecule has 4 rings (SSSR count). The first kappa shape index (κ1) is 15.4. The molecule has 1 atom stereocenters. The molecule has 23 heavy (non-hydrogen) atoms. The van der Waals surface area contributed by atoms with Crippen LogP contribution in [-0.4, -0.2) is 56.4 Å². The smallest absolute Gasteiger partial charge is 0.217 e. The van der Waals surface area contributed by atoms with Crippen molar-refractivity contribution in [1.82, 2.24) is 4.31 Å². The maximum atomic E-state index is 12.6. The molecule has 0 bridgehead atoms. The molecule has 1 aromatic rings. The minimum absolute atomic E-state index is 0.133. The van der Waals surface area contributed by atoms with E-state index in [0.29, 0.717) is 19.7 Å². The third-order valence-electron chi connectivity index (χ3n) is 5.18. The lowest BCUT2D eigenvalue weighted by Crippen LogP contribution is -2.61. The van der Waals surface area contributed by atoms with Gasteiger partial charge in [0.15, 0.2) is 0 Å². The summed E-state index contributed by atoms with van der Waals surface area (Å²) < 4.78 is 33.0. The van der Waals surface area contributed by atoms with E-state index in [2.05, 4.69) is 17.0 Å². The Kier molecular flexibility index (Phi) is 3.86. The lowest BCUT2D eigenvalue weighted by atomic mass is 9.91. The highest BCUT2D eigenvalue weighted by Crippen LogP contribution is 2.36. The van der Waals surface area contributed by atoms with Gasteiger partial charge in [-0.25, -0.2) is 8.42 Å². The molecule has 3 fully saturated rings. The van der Waals surface area contributed by atoms with Gasteiger partial charge in [0.1, 0.15) is 0 Å². The normalized spacial score (nSPS) is 29.8. The summed E-state index contributed by atoms with van der Waals surface area (Å²) in [5, 5.41) is -0.133. The van der Waals surface area contributed by atoms with E-state index in [-0.39, 0.29) is 10.9 Å². The second-order valence-electron chi connectivity index (χ2n) is 6.97. The summed E-state index contributed by atoms with van der Waals surface area (Å²) in [4.78, 5) is 2.33. The van der Waals surface area contributed by atoms with Crippen LogP contribution in [0.3, 0.4) is 0 Å². The summed E-state index contributed by atoms with van der Waals surface area (Å²) in [5.41, 5.74) is 0.839. The predicted molar refractivity (Wildman–Crippen MR) is 90.1 cm³/mol. The molecule has 2 saturated heterocycles. The number of morpholine rings is 1. The van der Waals surface area contributed by atoms with Crippen LogP contribution < -0.4 is 4.90 Å². The summed E-state index contributed by atoms with van der Waals surface area (Å²) in [5.74, 6) is 0. The van der Waals surface area contributed by atoms with Crippen LogP contribution in [-0.2, 0) is 14.8 Å². The lowest BCUT2D eigenvalue weighted by molar-refractivity contribution is -0.0950. The molecule has 0 radical (unpaired) electrons. The van der Waals surface area contributed by atoms with Crippen LogP contribution in [0, 0.1) is 0 Å². The van der Waals surface area contributed by atoms with Crippen molar-refractivity contribution < 1.29 is 13.2 Å². The molecule has 126 valence electrons. The van der Waals surface area contributed by atoms with Gasteiger partial charge in [-0.3, -0.25) is 0 Å². The molecule has 1 aliphatic carbocycles. The molecule has 3 aliphatic rings. The Labute approximate surface area is 138 Å². The molecule has 1 unspecified atom stereocenters. The van der Waals surface area contributed by atoms with Gasteiger partial charge in [0, 0.05) is 31.9 Å². The molecule has 2 aliphatic heterocycles. The van der Waals surface area contributed by atoms with E-state index < -0.39 is 10.0 Å². The van der Waals surface area contributed by atoms with Gasteiger partial charge in [-0.05, 0) is 37.8 Å². The second-order valence-corrected chi connectivity index (χ2v) is 9.18. The average Bonchev–Trinajstić information content (AvgIpc) is 3.41. The van der Waals surface area contributed by atoms with Crippen molar-refractivity contribution >= 4 is 15.7 Å². The highest BCUT2D eigenvalue weighted by Gasteiger charge is 2.47. The van der Waals surface area contributed by atoms with Crippen molar-refractivity contribution in [2.45, 2.75) is 36.5 Å². The Hall–Kier alpha value is -1.11. The number of para-hydroxylation sites is 1. The van der Waals surface area contributed by atoms with E-state index in [0.717, 1.165) is 38.8 Å². The van der Waals surface area contributed by atoms with Gasteiger partial charge in [0.25, 0.3) is 0 Å². The summed E-state index contributed by atoms with van der Waals surface area (Å²) in [7, 11) is -3.11. The van der Waals surface area contributed by atoms with Crippen molar-refractivity contribution in [2.75, 3.05) is 37.7 Å². The number of anilines is 1. The van der Waals surface area contributed by atoms with Gasteiger partial charge in [0.05, 0.1) is 17.5 Å². The summed E-state index contributed by atoms with van der Waals surface area (Å²) in [6.45, 7) is 3.30. The maximum Gasteiger partial charge on any atom is 0.217 e. The Morgan fingerprint density at radius 3 is 2.61 bits per heavy atom. The monoisotopic (exact) mass is 336 g/mol. The number of ether oxygens (including phenoxy) is 1. The standard InChI is InChI=1S/C17H24N2O3S/c20-23(21,16-7-8-16)19-11-12-22-17(14-19)9-4-10-18(13-17)15-5-2-1-3-6-15/h1-3,5-6,16H,4,7-14H2. The Morgan fingerprint density at radius 1 is 1.09 bits per heavy atom. The number of nitrogens with zero attached hydrogens (tertiary/aromatic N) is 2. The second kappa shape index (κ2) is 5.76. The van der Waals surface area contributed by atoms with Crippen LogP contribution in [0.5, 0.6) is 0 Å². The Bertz CT molecular complexity index is 656. The van der Waals surface area contributed by atoms with Crippen molar-refractivity contribution in [1.29, 1.82) is 0 Å². The molecule has 1 spiro atoms. The van der Waals surface area contributed by atoms with Gasteiger partial charge in [0.2, 0.25) is 10.0 Å². The molecule has 0 aromatic heterocycles. The molecule has 0 N–H and O–H groups in total. The molecule has 0 amide bonds. The Morgan fingerprint density at radius 2 is 1.87 bits per heavy atom. The first-order chi connectivity index (χ1) is 11.1. The largest absolute Gasteiger partial charge is 0.370 e. The zero-order valence-electron chi connectivity index (χ0n) is 13.4. The van der Waals surface area contributed by atoms with E-state index >= 15 is 0 Å². The van der Waals surface area contributed by atoms with Crippen molar-refractivity contribution in [3.8, 4) is 0 Å². The van der Waals surface area contributed by atoms with Crippen molar-refractivity contribution in [3.63, 3.8) is 0 Å². The number of sulfonamides is 1. The van der Waals surface area contributed by atoms with Gasteiger partial charge in [-0.1, -0.05) is 18.2 Å². The molecule has 1 aromatic carbocycles. The average molecular weight is 336 g/mol. The fraction of sp³-hybridized carbons (Fsp3) is 0.647. The highest BCUT2D eigenvalue weighted by atomic mass is 32.2. The summed E-state index contributed by atoms with van der Waals surface area (Å²) in [6, 6.07) is 10.3. The lowest BCUT2D eigenvalue weighted by Gasteiger charge is -2.48. The SMILES string of the molecule is O=S(=O)(C1CC1)N1CCOC2(CCCN(c3ccccc3)C2)C1. The van der Waals surface area contributed by atoms with Gasteiger partial charge >= 0.3 is 0 Å². The number of hydrogen-bond acceptors (Lipinski definition) is 4. The molecule has 2 heterocycles. The Balaban J connectivity index is 1.53. The highest BCUT2D eigenvalue weighted by molar-refractivity contribution is 7.90. The van der Waals surface area contributed by atoms with Crippen LogP contribution in [0.4, 0.5) is 5.69 Å². The maximum absolute atomic E-state index is 12.6. The number of rotatable bonds is 3. The zero-order chi connectivity index (χ0) is 15.9. The third-order valence-corrected chi connectivity index (χ3v) is 7.53. The van der Waals surface area contributed by atoms with Crippen LogP contribution in [0.2, 0.25) is 0 Å². The molecule has 6 heteroatoms. The van der Waals surface area contributed by atoms with Crippen molar-refractivity contribution in [2.24, 2.45) is 0 Å². The quantitative estimate of drug-likeness (QED) is 0.845. The summed E-state index contributed by atoms with van der Waals surface area (Å²) >= 11 is 0. The van der Waals surface area contributed by atoms with E-state index in [1.807, 2.05) is 18.2 Å². The molecular formula is C17H24N2O3S. The first-order valence-corrected chi connectivity index (χ1v) is 10.0. The summed E-state index contributed by atoms with van der Waals surface area (Å²) in [6.07, 6.45) is 3.62. The zero-order valence-corrected chi connectivity index (χ0v) is 14.2. The van der Waals surface area contributed by atoms with Gasteiger partial charge < -0.3 is 9.64 Å². The van der Waals surface area contributed by atoms with E-state index in [1.54, 1.807) is 4.31 Å². The van der Waals surface area contributed by atoms with Crippen LogP contribution in [0.15, 0.2) is 30.3 Å². The number of benzene rings is 1. The topological polar surface area (TPSA) is 49.9 Å². The van der Waals surface area contributed by atoms with Crippen molar-refractivity contribution in [3.05, 3.63) is 30.3 Å². The van der Waals surface area contributed by atoms with Crippen LogP contribution in [0.1, 0.15) is 25.7 Å². The van der Waals surface area contributed by atoms with E-state index in [9.17, 15) is 8.42 Å². The molecular weight excluding hydrogens is 312 g/mol. The third kappa shape index (κ3) is 2.99. The predicted octanol–water partition coefficient (Wildman–Crippen LogP) is 1.85. The number of piperidine rings is 1. The van der Waals surface area contributed by atoms with Gasteiger partial charge in [-0.15, -0.1) is 0 Å². The van der Waals surface area contributed by atoms with E-state index in [1.165, 1.54) is 5.69 Å². The van der Waals surface area contributed by atoms with Crippen LogP contribution >= 0.6 is 0 Å². The minimum atomic E-state index is -3.11. The fourth-order valence-electron chi connectivity index (χ4n) is 3.81. The number of hydrogen-bond donors (Lipinski definition) is 0. The van der Waals surface area contributed by atoms with Gasteiger partial charge in [-0.2, -0.15) is 4.31 Å². The molecule has 1 saturated carbocycles. The van der Waals surface area contributed by atoms with Crippen LogP contribution in [0.25, 0.3) is 0 Å². The molecule has 5 nitrogen and oxygen atoms in total. The van der Waals surface area contributed by atoms with E-state index in [4.69, 9.17) is 4.74 Å².